The molecule has 1 amide bonds. The Balaban J connectivity index is 1.90. The zero-order chi connectivity index (χ0) is 13.0. The molecule has 0 saturated carbocycles. The first kappa shape index (κ1) is 13.7. The minimum Gasteiger partial charge on any atom is -0.352 e. The van der Waals surface area contributed by atoms with E-state index in [0.717, 1.165) is 25.9 Å². The molecule has 2 rings (SSSR count). The van der Waals surface area contributed by atoms with Crippen LogP contribution in [0.1, 0.15) is 23.2 Å². The van der Waals surface area contributed by atoms with Gasteiger partial charge in [0.15, 0.2) is 0 Å². The van der Waals surface area contributed by atoms with Gasteiger partial charge in [-0.3, -0.25) is 4.79 Å². The molecule has 3 nitrogen and oxygen atoms in total. The molecule has 1 heterocycles. The van der Waals surface area contributed by atoms with Crippen molar-refractivity contribution in [2.45, 2.75) is 12.8 Å². The zero-order valence-electron chi connectivity index (χ0n) is 10.0. The standard InChI is InChI=1S/C13H16Cl2N2O/c14-11-5-10(6-12(15)7-11)13(18)17-8-9-1-3-16-4-2-9/h5-7,9,16H,1-4,8H2,(H,17,18). The molecule has 1 aromatic rings. The minimum atomic E-state index is -0.113. The van der Waals surface area contributed by atoms with E-state index in [0.29, 0.717) is 28.1 Å². The van der Waals surface area contributed by atoms with E-state index in [4.69, 9.17) is 23.2 Å². The second kappa shape index (κ2) is 6.41. The largest absolute Gasteiger partial charge is 0.352 e. The lowest BCUT2D eigenvalue weighted by atomic mass is 9.98. The lowest BCUT2D eigenvalue weighted by molar-refractivity contribution is 0.0944. The Labute approximate surface area is 117 Å². The number of hydrogen-bond acceptors (Lipinski definition) is 2. The van der Waals surface area contributed by atoms with Crippen molar-refractivity contribution >= 4 is 29.1 Å². The summed E-state index contributed by atoms with van der Waals surface area (Å²) in [6, 6.07) is 4.88. The van der Waals surface area contributed by atoms with Crippen LogP contribution in [0.15, 0.2) is 18.2 Å². The number of rotatable bonds is 3. The lowest BCUT2D eigenvalue weighted by Gasteiger charge is -2.22. The van der Waals surface area contributed by atoms with E-state index in [1.807, 2.05) is 0 Å². The molecule has 1 saturated heterocycles. The molecule has 5 heteroatoms. The summed E-state index contributed by atoms with van der Waals surface area (Å²) in [5, 5.41) is 7.20. The maximum Gasteiger partial charge on any atom is 0.251 e. The van der Waals surface area contributed by atoms with Crippen LogP contribution in [0.3, 0.4) is 0 Å². The van der Waals surface area contributed by atoms with Crippen LogP contribution in [0.2, 0.25) is 10.0 Å². The molecule has 0 unspecified atom stereocenters. The molecule has 1 aromatic carbocycles. The van der Waals surface area contributed by atoms with Crippen LogP contribution in [0.5, 0.6) is 0 Å². The fourth-order valence-corrected chi connectivity index (χ4v) is 2.64. The summed E-state index contributed by atoms with van der Waals surface area (Å²) in [5.41, 5.74) is 0.515. The highest BCUT2D eigenvalue weighted by Gasteiger charge is 2.14. The van der Waals surface area contributed by atoms with Crippen LogP contribution >= 0.6 is 23.2 Å². The van der Waals surface area contributed by atoms with Gasteiger partial charge in [-0.15, -0.1) is 0 Å². The normalized spacial score (nSPS) is 16.6. The van der Waals surface area contributed by atoms with Gasteiger partial charge < -0.3 is 10.6 Å². The van der Waals surface area contributed by atoms with E-state index < -0.39 is 0 Å². The fourth-order valence-electron chi connectivity index (χ4n) is 2.11. The molecule has 0 radical (unpaired) electrons. The van der Waals surface area contributed by atoms with Crippen LogP contribution in [0.25, 0.3) is 0 Å². The van der Waals surface area contributed by atoms with Crippen molar-refractivity contribution in [2.75, 3.05) is 19.6 Å². The first-order chi connectivity index (χ1) is 8.65. The molecule has 98 valence electrons. The topological polar surface area (TPSA) is 41.1 Å². The molecule has 1 fully saturated rings. The van der Waals surface area contributed by atoms with E-state index in [1.54, 1.807) is 18.2 Å². The highest BCUT2D eigenvalue weighted by atomic mass is 35.5. The van der Waals surface area contributed by atoms with E-state index >= 15 is 0 Å². The van der Waals surface area contributed by atoms with Crippen molar-refractivity contribution in [3.8, 4) is 0 Å². The molecular formula is C13H16Cl2N2O. The second-order valence-corrected chi connectivity index (χ2v) is 5.43. The molecule has 0 aliphatic carbocycles. The molecular weight excluding hydrogens is 271 g/mol. The molecule has 0 atom stereocenters. The van der Waals surface area contributed by atoms with Crippen LogP contribution in [0.4, 0.5) is 0 Å². The van der Waals surface area contributed by atoms with Crippen molar-refractivity contribution < 1.29 is 4.79 Å². The Morgan fingerprint density at radius 2 is 1.83 bits per heavy atom. The van der Waals surface area contributed by atoms with Crippen molar-refractivity contribution in [1.29, 1.82) is 0 Å². The van der Waals surface area contributed by atoms with Crippen molar-refractivity contribution in [3.05, 3.63) is 33.8 Å². The fraction of sp³-hybridized carbons (Fsp3) is 0.462. The van der Waals surface area contributed by atoms with Crippen molar-refractivity contribution in [3.63, 3.8) is 0 Å². The monoisotopic (exact) mass is 286 g/mol. The highest BCUT2D eigenvalue weighted by Crippen LogP contribution is 2.19. The number of carbonyl (C=O) groups is 1. The molecule has 18 heavy (non-hydrogen) atoms. The van der Waals surface area contributed by atoms with Crippen molar-refractivity contribution in [2.24, 2.45) is 5.92 Å². The molecule has 2 N–H and O–H groups in total. The average Bonchev–Trinajstić information content (AvgIpc) is 2.36. The van der Waals surface area contributed by atoms with Gasteiger partial charge in [0.25, 0.3) is 5.91 Å². The van der Waals surface area contributed by atoms with Crippen LogP contribution in [-0.2, 0) is 0 Å². The van der Waals surface area contributed by atoms with E-state index in [1.165, 1.54) is 0 Å². The number of piperidine rings is 1. The van der Waals surface area contributed by atoms with Crippen LogP contribution in [0, 0.1) is 5.92 Å². The molecule has 1 aliphatic heterocycles. The smallest absolute Gasteiger partial charge is 0.251 e. The van der Waals surface area contributed by atoms with Gasteiger partial charge in [-0.05, 0) is 50.0 Å². The summed E-state index contributed by atoms with van der Waals surface area (Å²) >= 11 is 11.7. The third-order valence-corrected chi connectivity index (χ3v) is 3.57. The van der Waals surface area contributed by atoms with Gasteiger partial charge in [-0.1, -0.05) is 23.2 Å². The predicted octanol–water partition coefficient (Wildman–Crippen LogP) is 2.72. The van der Waals surface area contributed by atoms with E-state index in [9.17, 15) is 4.79 Å². The molecule has 0 spiro atoms. The predicted molar refractivity (Wildman–Crippen MR) is 74.4 cm³/mol. The lowest BCUT2D eigenvalue weighted by Crippen LogP contribution is -2.35. The molecule has 1 aliphatic rings. The Morgan fingerprint density at radius 1 is 1.22 bits per heavy atom. The maximum atomic E-state index is 11.9. The van der Waals surface area contributed by atoms with E-state index in [-0.39, 0.29) is 5.91 Å². The SMILES string of the molecule is O=C(NCC1CCNCC1)c1cc(Cl)cc(Cl)c1. The minimum absolute atomic E-state index is 0.113. The van der Waals surface area contributed by atoms with Gasteiger partial charge in [0.2, 0.25) is 0 Å². The quantitative estimate of drug-likeness (QED) is 0.897. The number of nitrogens with one attached hydrogen (secondary N) is 2. The van der Waals surface area contributed by atoms with Gasteiger partial charge in [0.05, 0.1) is 0 Å². The zero-order valence-corrected chi connectivity index (χ0v) is 11.5. The number of hydrogen-bond donors (Lipinski definition) is 2. The van der Waals surface area contributed by atoms with E-state index in [2.05, 4.69) is 10.6 Å². The van der Waals surface area contributed by atoms with Gasteiger partial charge in [-0.25, -0.2) is 0 Å². The maximum absolute atomic E-state index is 11.9. The Bertz CT molecular complexity index is 411. The Morgan fingerprint density at radius 3 is 2.44 bits per heavy atom. The average molecular weight is 287 g/mol. The summed E-state index contributed by atoms with van der Waals surface area (Å²) in [6.45, 7) is 2.78. The summed E-state index contributed by atoms with van der Waals surface area (Å²) in [7, 11) is 0. The van der Waals surface area contributed by atoms with Crippen LogP contribution < -0.4 is 10.6 Å². The number of amides is 1. The summed E-state index contributed by atoms with van der Waals surface area (Å²) in [6.07, 6.45) is 2.22. The highest BCUT2D eigenvalue weighted by molar-refractivity contribution is 6.35. The third kappa shape index (κ3) is 3.87. The molecule has 0 aromatic heterocycles. The van der Waals surface area contributed by atoms with Crippen molar-refractivity contribution in [1.82, 2.24) is 10.6 Å². The molecule has 0 bridgehead atoms. The Hall–Kier alpha value is -0.770. The van der Waals surface area contributed by atoms with Gasteiger partial charge in [-0.2, -0.15) is 0 Å². The van der Waals surface area contributed by atoms with Gasteiger partial charge in [0.1, 0.15) is 0 Å². The van der Waals surface area contributed by atoms with Gasteiger partial charge >= 0.3 is 0 Å². The summed E-state index contributed by atoms with van der Waals surface area (Å²) in [4.78, 5) is 11.9. The first-order valence-electron chi connectivity index (χ1n) is 6.10. The summed E-state index contributed by atoms with van der Waals surface area (Å²) < 4.78 is 0. The van der Waals surface area contributed by atoms with Gasteiger partial charge in [0, 0.05) is 22.2 Å². The number of benzene rings is 1. The first-order valence-corrected chi connectivity index (χ1v) is 6.86. The Kier molecular flexibility index (Phi) is 4.87. The second-order valence-electron chi connectivity index (χ2n) is 4.56. The summed E-state index contributed by atoms with van der Waals surface area (Å²) in [5.74, 6) is 0.447. The van der Waals surface area contributed by atoms with Crippen LogP contribution in [-0.4, -0.2) is 25.5 Å². The third-order valence-electron chi connectivity index (χ3n) is 3.13. The number of halogens is 2. The number of carbonyl (C=O) groups excluding carboxylic acids is 1.